The Hall–Kier alpha value is -6.87. The van der Waals surface area contributed by atoms with Gasteiger partial charge in [0.05, 0.1) is 75.7 Å². The minimum Gasteiger partial charge on any atom is -0.493 e. The first-order chi connectivity index (χ1) is 51.9. The van der Waals surface area contributed by atoms with Crippen LogP contribution in [0, 0.1) is 0 Å². The quantitative estimate of drug-likeness (QED) is 0.0435. The third-order valence-corrected chi connectivity index (χ3v) is 26.9. The van der Waals surface area contributed by atoms with Crippen molar-refractivity contribution in [1.82, 2.24) is 28.9 Å². The molecule has 0 spiro atoms. The van der Waals surface area contributed by atoms with Crippen molar-refractivity contribution in [3.63, 3.8) is 0 Å². The van der Waals surface area contributed by atoms with Crippen molar-refractivity contribution in [3.05, 3.63) is 144 Å². The van der Waals surface area contributed by atoms with Gasteiger partial charge in [0, 0.05) is 54.5 Å². The number of nitrogens with zero attached hydrogens (tertiary/aromatic N) is 3. The van der Waals surface area contributed by atoms with Crippen molar-refractivity contribution in [2.75, 3.05) is 81.9 Å². The third-order valence-electron chi connectivity index (χ3n) is 22.4. The van der Waals surface area contributed by atoms with Crippen LogP contribution >= 0.6 is 0 Å². The molecular formula is C84H120N6O15S3. The second-order valence-electron chi connectivity index (χ2n) is 30.5. The molecule has 0 atom stereocenters. The van der Waals surface area contributed by atoms with Crippen LogP contribution in [0.15, 0.2) is 142 Å². The maximum absolute atomic E-state index is 13.0. The average Bonchev–Trinajstić information content (AvgIpc) is 0.822. The molecule has 0 amide bonds. The van der Waals surface area contributed by atoms with Crippen LogP contribution in [0.5, 0.6) is 51.7 Å². The number of hydrogen-bond donors (Lipinski definition) is 3. The Bertz CT molecular complexity index is 3730. The van der Waals surface area contributed by atoms with Gasteiger partial charge in [0.25, 0.3) is 0 Å². The summed E-state index contributed by atoms with van der Waals surface area (Å²) in [6, 6.07) is 40.9. The Labute approximate surface area is 644 Å². The van der Waals surface area contributed by atoms with E-state index in [0.717, 1.165) is 172 Å². The van der Waals surface area contributed by atoms with Crippen molar-refractivity contribution < 1.29 is 67.9 Å². The fourth-order valence-corrected chi connectivity index (χ4v) is 20.7. The van der Waals surface area contributed by atoms with E-state index >= 15 is 0 Å². The van der Waals surface area contributed by atoms with Gasteiger partial charge in [-0.2, -0.15) is 0 Å². The molecule has 6 aliphatic rings. The molecular weight excluding hydrogens is 1430 g/mol. The molecule has 3 heterocycles. The van der Waals surface area contributed by atoms with E-state index in [9.17, 15) is 25.3 Å². The normalized spacial score (nSPS) is 21.9. The van der Waals surface area contributed by atoms with E-state index in [1.54, 1.807) is 36.4 Å². The highest BCUT2D eigenvalue weighted by molar-refractivity contribution is 7.90. The topological polar surface area (TPSA) is 231 Å². The van der Waals surface area contributed by atoms with E-state index in [-0.39, 0.29) is 51.1 Å². The monoisotopic (exact) mass is 1550 g/mol. The molecule has 0 aromatic heterocycles. The van der Waals surface area contributed by atoms with Gasteiger partial charge in [0.15, 0.2) is 34.5 Å². The zero-order valence-corrected chi connectivity index (χ0v) is 68.2. The summed E-state index contributed by atoms with van der Waals surface area (Å²) in [7, 11) is -1.75. The molecule has 0 unspecified atom stereocenters. The Morgan fingerprint density at radius 1 is 0.287 bits per heavy atom. The van der Waals surface area contributed by atoms with Crippen LogP contribution < -0.4 is 56.8 Å². The molecule has 0 bridgehead atoms. The second-order valence-corrected chi connectivity index (χ2v) is 35.6. The van der Waals surface area contributed by atoms with Crippen LogP contribution in [-0.2, 0) is 30.1 Å². The minimum atomic E-state index is -3.62. The first-order valence-electron chi connectivity index (χ1n) is 39.1. The fraction of sp³-hybridized carbons (Fsp3) is 0.571. The summed E-state index contributed by atoms with van der Waals surface area (Å²) in [4.78, 5) is 8.44. The lowest BCUT2D eigenvalue weighted by atomic mass is 9.85. The molecule has 594 valence electrons. The Morgan fingerprint density at radius 2 is 0.509 bits per heavy atom. The molecule has 0 radical (unpaired) electrons. The number of hydrogen-bond acceptors (Lipinski definition) is 18. The summed E-state index contributed by atoms with van der Waals surface area (Å²) in [5.74, 6) is 7.41. The van der Waals surface area contributed by atoms with Gasteiger partial charge < -0.3 is 57.3 Å². The van der Waals surface area contributed by atoms with E-state index < -0.39 is 30.1 Å². The molecule has 3 saturated heterocycles. The molecule has 12 rings (SSSR count). The lowest BCUT2D eigenvalue weighted by Crippen LogP contribution is -2.46. The lowest BCUT2D eigenvalue weighted by Gasteiger charge is -2.41. The molecule has 108 heavy (non-hydrogen) atoms. The highest BCUT2D eigenvalue weighted by Crippen LogP contribution is 2.42. The van der Waals surface area contributed by atoms with Gasteiger partial charge in [-0.1, -0.05) is 54.6 Å². The van der Waals surface area contributed by atoms with Gasteiger partial charge in [-0.25, -0.2) is 39.4 Å². The number of sulfonamides is 3. The van der Waals surface area contributed by atoms with E-state index in [0.29, 0.717) is 70.4 Å². The number of likely N-dealkylation sites (tertiary alicyclic amines) is 3. The molecule has 24 heteroatoms. The fourth-order valence-electron chi connectivity index (χ4n) is 16.8. The number of rotatable bonds is 27. The lowest BCUT2D eigenvalue weighted by molar-refractivity contribution is 0.115. The van der Waals surface area contributed by atoms with Gasteiger partial charge in [0.2, 0.25) is 30.1 Å². The highest BCUT2D eigenvalue weighted by atomic mass is 32.2. The predicted molar refractivity (Wildman–Crippen MR) is 425 cm³/mol. The zero-order chi connectivity index (χ0) is 77.1. The number of ether oxygens (including phenoxy) is 9. The number of methoxy groups -OCH3 is 6. The third kappa shape index (κ3) is 22.5. The van der Waals surface area contributed by atoms with Gasteiger partial charge in [-0.15, -0.1) is 0 Å². The maximum atomic E-state index is 13.0. The first-order valence-corrected chi connectivity index (χ1v) is 43.6. The van der Waals surface area contributed by atoms with Crippen molar-refractivity contribution in [2.45, 2.75) is 244 Å². The number of nitrogens with one attached hydrogen (secondary N) is 3. The molecule has 6 fully saturated rings. The minimum absolute atomic E-state index is 0.0445. The first kappa shape index (κ1) is 83.6. The standard InChI is InChI=1S/3C28H40N2O5S/c3*1-20(2)35-26-8-6-5-7-25(26)21-15-17-30(18-16-21)23-11-9-22(10-12-23)29-36(31,32)24-13-14-27(33-3)28(19-24)34-4/h3*5-8,13-14,19-23,29H,9-12,15-18H2,1-4H3. The van der Waals surface area contributed by atoms with Crippen LogP contribution in [0.2, 0.25) is 0 Å². The summed E-state index contributed by atoms with van der Waals surface area (Å²) < 4.78 is 136. The van der Waals surface area contributed by atoms with Crippen LogP contribution in [0.25, 0.3) is 0 Å². The summed E-state index contributed by atoms with van der Waals surface area (Å²) in [5.41, 5.74) is 4.00. The van der Waals surface area contributed by atoms with Gasteiger partial charge in [0.1, 0.15) is 17.2 Å². The van der Waals surface area contributed by atoms with Crippen LogP contribution in [0.1, 0.15) is 192 Å². The largest absolute Gasteiger partial charge is 0.493 e. The SMILES string of the molecule is COc1ccc(S(=O)(=O)NC2CCC(N3CCC(c4ccccc4OC(C)C)CC3)CC2)cc1OC.COc1ccc(S(=O)(=O)NC2CCC(N3CCC(c4ccccc4OC(C)C)CC3)CC2)cc1OC.COc1ccc(S(=O)(=O)NC2CCC(N3CCC(c4ccccc4OC(C)C)CC3)CC2)cc1OC. The van der Waals surface area contributed by atoms with Gasteiger partial charge in [-0.3, -0.25) is 0 Å². The number of piperidine rings is 3. The molecule has 3 aliphatic heterocycles. The van der Waals surface area contributed by atoms with Crippen molar-refractivity contribution in [2.24, 2.45) is 0 Å². The van der Waals surface area contributed by atoms with Crippen molar-refractivity contribution in [3.8, 4) is 51.7 Å². The maximum Gasteiger partial charge on any atom is 0.240 e. The molecule has 3 saturated carbocycles. The predicted octanol–water partition coefficient (Wildman–Crippen LogP) is 14.9. The Balaban J connectivity index is 0.000000173. The molecule has 3 N–H and O–H groups in total. The zero-order valence-electron chi connectivity index (χ0n) is 65.7. The summed E-state index contributed by atoms with van der Waals surface area (Å²) in [6.45, 7) is 18.9. The molecule has 3 aliphatic carbocycles. The summed E-state index contributed by atoms with van der Waals surface area (Å²) >= 11 is 0. The number of benzene rings is 6. The molecule has 6 aromatic rings. The van der Waals surface area contributed by atoms with Crippen molar-refractivity contribution >= 4 is 30.1 Å². The highest BCUT2D eigenvalue weighted by Gasteiger charge is 2.37. The van der Waals surface area contributed by atoms with Gasteiger partial charge in [-0.05, 0) is 285 Å². The smallest absolute Gasteiger partial charge is 0.240 e. The summed E-state index contributed by atoms with van der Waals surface area (Å²) in [5, 5.41) is 0. The van der Waals surface area contributed by atoms with Gasteiger partial charge >= 0.3 is 0 Å². The van der Waals surface area contributed by atoms with E-state index in [2.05, 4.69) is 125 Å². The van der Waals surface area contributed by atoms with Crippen LogP contribution in [-0.4, -0.2) is 176 Å². The molecule has 21 nitrogen and oxygen atoms in total. The van der Waals surface area contributed by atoms with Crippen molar-refractivity contribution in [1.29, 1.82) is 0 Å². The Kier molecular flexibility index (Phi) is 30.5. The number of para-hydroxylation sites is 3. The average molecular weight is 1550 g/mol. The van der Waals surface area contributed by atoms with E-state index in [4.69, 9.17) is 42.6 Å². The van der Waals surface area contributed by atoms with E-state index in [1.807, 2.05) is 18.2 Å². The van der Waals surface area contributed by atoms with Crippen LogP contribution in [0.3, 0.4) is 0 Å². The summed E-state index contributed by atoms with van der Waals surface area (Å²) in [6.07, 6.45) is 18.5. The van der Waals surface area contributed by atoms with E-state index in [1.165, 1.54) is 77.5 Å². The second kappa shape index (κ2) is 39.4. The molecule has 6 aromatic carbocycles. The van der Waals surface area contributed by atoms with Crippen LogP contribution in [0.4, 0.5) is 0 Å². The Morgan fingerprint density at radius 3 is 0.722 bits per heavy atom.